The number of nitriles is 1. The summed E-state index contributed by atoms with van der Waals surface area (Å²) in [6, 6.07) is 13.9. The Morgan fingerprint density at radius 3 is 2.61 bits per heavy atom. The Bertz CT molecular complexity index is 816. The van der Waals surface area contributed by atoms with Gasteiger partial charge in [0, 0.05) is 5.56 Å². The maximum absolute atomic E-state index is 12.5. The van der Waals surface area contributed by atoms with Gasteiger partial charge in [-0.15, -0.1) is 0 Å². The lowest BCUT2D eigenvalue weighted by Gasteiger charge is -2.03. The zero-order valence-electron chi connectivity index (χ0n) is 12.4. The first-order valence-corrected chi connectivity index (χ1v) is 6.91. The molecule has 1 aliphatic rings. The predicted octanol–water partition coefficient (Wildman–Crippen LogP) is 3.21. The van der Waals surface area contributed by atoms with Crippen LogP contribution < -0.4 is 14.2 Å². The summed E-state index contributed by atoms with van der Waals surface area (Å²) >= 11 is 0. The molecule has 0 fully saturated rings. The zero-order valence-corrected chi connectivity index (χ0v) is 12.4. The van der Waals surface area contributed by atoms with Crippen LogP contribution in [0.15, 0.2) is 48.0 Å². The van der Waals surface area contributed by atoms with Gasteiger partial charge in [-0.2, -0.15) is 5.26 Å². The van der Waals surface area contributed by atoms with Gasteiger partial charge >= 0.3 is 0 Å². The summed E-state index contributed by atoms with van der Waals surface area (Å²) in [5.41, 5.74) is 1.18. The number of rotatable bonds is 4. The van der Waals surface area contributed by atoms with Gasteiger partial charge in [-0.25, -0.2) is 0 Å². The fourth-order valence-electron chi connectivity index (χ4n) is 2.21. The van der Waals surface area contributed by atoms with E-state index in [9.17, 15) is 10.1 Å². The van der Waals surface area contributed by atoms with E-state index in [1.165, 1.54) is 0 Å². The average Bonchev–Trinajstić information content (AvgIpc) is 3.07. The van der Waals surface area contributed by atoms with Gasteiger partial charge in [0.1, 0.15) is 17.4 Å². The number of benzene rings is 2. The van der Waals surface area contributed by atoms with E-state index in [0.29, 0.717) is 22.8 Å². The van der Waals surface area contributed by atoms with Crippen molar-refractivity contribution in [2.75, 3.05) is 13.9 Å². The lowest BCUT2D eigenvalue weighted by molar-refractivity contribution is 0.103. The molecule has 0 spiro atoms. The van der Waals surface area contributed by atoms with Gasteiger partial charge in [0.2, 0.25) is 12.6 Å². The van der Waals surface area contributed by atoms with Crippen molar-refractivity contribution in [3.63, 3.8) is 0 Å². The van der Waals surface area contributed by atoms with Crippen LogP contribution in [0.3, 0.4) is 0 Å². The van der Waals surface area contributed by atoms with E-state index in [0.717, 1.165) is 5.56 Å². The SMILES string of the molecule is COc1ccc(C=C(C#N)C(=O)c2ccc3c(c2)OCO3)cc1. The number of fused-ring (bicyclic) bond motifs is 1. The predicted molar refractivity (Wildman–Crippen MR) is 83.5 cm³/mol. The van der Waals surface area contributed by atoms with E-state index in [-0.39, 0.29) is 18.1 Å². The third kappa shape index (κ3) is 3.01. The van der Waals surface area contributed by atoms with E-state index >= 15 is 0 Å². The highest BCUT2D eigenvalue weighted by Crippen LogP contribution is 2.33. The molecule has 2 aromatic rings. The van der Waals surface area contributed by atoms with Gasteiger partial charge in [0.15, 0.2) is 11.5 Å². The molecular weight excluding hydrogens is 294 g/mol. The van der Waals surface area contributed by atoms with Gasteiger partial charge in [-0.05, 0) is 42.0 Å². The first kappa shape index (κ1) is 14.7. The van der Waals surface area contributed by atoms with E-state index in [4.69, 9.17) is 14.2 Å². The van der Waals surface area contributed by atoms with Crippen LogP contribution in [-0.4, -0.2) is 19.7 Å². The van der Waals surface area contributed by atoms with Crippen LogP contribution >= 0.6 is 0 Å². The second kappa shape index (κ2) is 6.24. The number of carbonyl (C=O) groups excluding carboxylic acids is 1. The van der Waals surface area contributed by atoms with Gasteiger partial charge in [0.25, 0.3) is 0 Å². The van der Waals surface area contributed by atoms with Crippen LogP contribution in [0.25, 0.3) is 6.08 Å². The minimum Gasteiger partial charge on any atom is -0.497 e. The van der Waals surface area contributed by atoms with E-state index in [1.807, 2.05) is 6.07 Å². The summed E-state index contributed by atoms with van der Waals surface area (Å²) in [4.78, 5) is 12.5. The van der Waals surface area contributed by atoms with Gasteiger partial charge < -0.3 is 14.2 Å². The highest BCUT2D eigenvalue weighted by molar-refractivity contribution is 6.14. The second-order valence-corrected chi connectivity index (χ2v) is 4.84. The summed E-state index contributed by atoms with van der Waals surface area (Å²) in [5, 5.41) is 9.29. The van der Waals surface area contributed by atoms with E-state index < -0.39 is 0 Å². The first-order valence-electron chi connectivity index (χ1n) is 6.91. The highest BCUT2D eigenvalue weighted by Gasteiger charge is 2.18. The van der Waals surface area contributed by atoms with Crippen LogP contribution in [0.5, 0.6) is 17.2 Å². The fraction of sp³-hybridized carbons (Fsp3) is 0.111. The number of carbonyl (C=O) groups is 1. The number of Topliss-reactive ketones (excluding diaryl/α,β-unsaturated/α-hetero) is 1. The molecule has 0 amide bonds. The Balaban J connectivity index is 1.89. The number of nitrogens with zero attached hydrogens (tertiary/aromatic N) is 1. The fourth-order valence-corrected chi connectivity index (χ4v) is 2.21. The molecule has 0 unspecified atom stereocenters. The van der Waals surface area contributed by atoms with Crippen LogP contribution in [0, 0.1) is 11.3 Å². The molecule has 2 aromatic carbocycles. The Kier molecular flexibility index (Phi) is 3.98. The van der Waals surface area contributed by atoms with Crippen LogP contribution in [0.1, 0.15) is 15.9 Å². The minimum atomic E-state index is -0.360. The molecule has 0 aromatic heterocycles. The minimum absolute atomic E-state index is 0.0500. The summed E-state index contributed by atoms with van der Waals surface area (Å²) in [5.74, 6) is 1.46. The van der Waals surface area contributed by atoms with Crippen molar-refractivity contribution < 1.29 is 19.0 Å². The van der Waals surface area contributed by atoms with E-state index in [1.54, 1.807) is 55.7 Å². The molecule has 1 heterocycles. The molecule has 1 aliphatic heterocycles. The van der Waals surface area contributed by atoms with Crippen molar-refractivity contribution in [1.82, 2.24) is 0 Å². The quantitative estimate of drug-likeness (QED) is 0.493. The largest absolute Gasteiger partial charge is 0.497 e. The van der Waals surface area contributed by atoms with Gasteiger partial charge in [-0.1, -0.05) is 12.1 Å². The lowest BCUT2D eigenvalue weighted by atomic mass is 10.0. The highest BCUT2D eigenvalue weighted by atomic mass is 16.7. The topological polar surface area (TPSA) is 68.5 Å². The molecule has 0 bridgehead atoms. The number of methoxy groups -OCH3 is 1. The van der Waals surface area contributed by atoms with Crippen molar-refractivity contribution in [2.24, 2.45) is 0 Å². The Morgan fingerprint density at radius 1 is 1.17 bits per heavy atom. The van der Waals surface area contributed by atoms with Crippen molar-refractivity contribution in [1.29, 1.82) is 5.26 Å². The Labute approximate surface area is 133 Å². The second-order valence-electron chi connectivity index (χ2n) is 4.84. The zero-order chi connectivity index (χ0) is 16.2. The summed E-state index contributed by atoms with van der Waals surface area (Å²) in [6.45, 7) is 0.139. The molecule has 0 radical (unpaired) electrons. The number of ether oxygens (including phenoxy) is 3. The summed E-state index contributed by atoms with van der Waals surface area (Å²) in [7, 11) is 1.58. The number of ketones is 1. The maximum atomic E-state index is 12.5. The maximum Gasteiger partial charge on any atom is 0.231 e. The van der Waals surface area contributed by atoms with Gasteiger partial charge in [-0.3, -0.25) is 4.79 Å². The molecule has 0 aliphatic carbocycles. The third-order valence-corrected chi connectivity index (χ3v) is 3.43. The number of hydrogen-bond acceptors (Lipinski definition) is 5. The lowest BCUT2D eigenvalue weighted by Crippen LogP contribution is -2.02. The molecule has 0 saturated heterocycles. The third-order valence-electron chi connectivity index (χ3n) is 3.43. The summed E-state index contributed by atoms with van der Waals surface area (Å²) < 4.78 is 15.5. The van der Waals surface area contributed by atoms with Crippen molar-refractivity contribution in [3.05, 3.63) is 59.2 Å². The van der Waals surface area contributed by atoms with Crippen LogP contribution in [0.4, 0.5) is 0 Å². The van der Waals surface area contributed by atoms with Crippen molar-refractivity contribution in [2.45, 2.75) is 0 Å². The van der Waals surface area contributed by atoms with E-state index in [2.05, 4.69) is 0 Å². The van der Waals surface area contributed by atoms with Gasteiger partial charge in [0.05, 0.1) is 7.11 Å². The molecule has 5 heteroatoms. The average molecular weight is 307 g/mol. The normalized spacial score (nSPS) is 12.6. The molecule has 0 atom stereocenters. The summed E-state index contributed by atoms with van der Waals surface area (Å²) in [6.07, 6.45) is 1.55. The molecule has 114 valence electrons. The van der Waals surface area contributed by atoms with Crippen molar-refractivity contribution >= 4 is 11.9 Å². The van der Waals surface area contributed by atoms with Crippen LogP contribution in [0.2, 0.25) is 0 Å². The van der Waals surface area contributed by atoms with Crippen LogP contribution in [-0.2, 0) is 0 Å². The number of hydrogen-bond donors (Lipinski definition) is 0. The number of allylic oxidation sites excluding steroid dienone is 1. The molecular formula is C18H13NO4. The first-order chi connectivity index (χ1) is 11.2. The standard InChI is InChI=1S/C18H13NO4/c1-21-15-5-2-12(3-6-15)8-14(10-19)18(20)13-4-7-16-17(9-13)23-11-22-16/h2-9H,11H2,1H3. The molecule has 0 saturated carbocycles. The smallest absolute Gasteiger partial charge is 0.231 e. The Hall–Kier alpha value is -3.26. The molecule has 3 rings (SSSR count). The molecule has 23 heavy (non-hydrogen) atoms. The monoisotopic (exact) mass is 307 g/mol. The molecule has 5 nitrogen and oxygen atoms in total. The van der Waals surface area contributed by atoms with Crippen molar-refractivity contribution in [3.8, 4) is 23.3 Å². The molecule has 0 N–H and O–H groups in total. The Morgan fingerprint density at radius 2 is 1.91 bits per heavy atom.